The lowest BCUT2D eigenvalue weighted by Gasteiger charge is -2.30. The lowest BCUT2D eigenvalue weighted by atomic mass is 10.1. The van der Waals surface area contributed by atoms with Crippen LogP contribution < -0.4 is 10.7 Å². The third-order valence-corrected chi connectivity index (χ3v) is 3.13. The molecule has 0 aromatic carbocycles. The molecule has 2 aliphatic heterocycles. The molecule has 1 fully saturated rings. The molecule has 17 heavy (non-hydrogen) atoms. The highest BCUT2D eigenvalue weighted by Crippen LogP contribution is 2.08. The first-order valence-corrected chi connectivity index (χ1v) is 6.00. The minimum absolute atomic E-state index is 0.126. The zero-order valence-electron chi connectivity index (χ0n) is 10.0. The van der Waals surface area contributed by atoms with Gasteiger partial charge in [-0.1, -0.05) is 0 Å². The maximum atomic E-state index is 11.9. The predicted molar refractivity (Wildman–Crippen MR) is 63.5 cm³/mol. The summed E-state index contributed by atoms with van der Waals surface area (Å²) in [5, 5.41) is 6.76. The van der Waals surface area contributed by atoms with Crippen LogP contribution >= 0.6 is 0 Å². The second-order valence-corrected chi connectivity index (χ2v) is 4.67. The molecule has 2 amide bonds. The molecule has 2 aliphatic rings. The van der Waals surface area contributed by atoms with Crippen LogP contribution in [0.1, 0.15) is 25.7 Å². The minimum Gasteiger partial charge on any atom is -0.347 e. The number of nitrogens with zero attached hydrogens (tertiary/aromatic N) is 2. The molecule has 1 saturated heterocycles. The van der Waals surface area contributed by atoms with Gasteiger partial charge in [0.15, 0.2) is 0 Å². The third-order valence-electron chi connectivity index (χ3n) is 3.13. The van der Waals surface area contributed by atoms with E-state index < -0.39 is 0 Å². The molecule has 0 spiro atoms. The largest absolute Gasteiger partial charge is 0.347 e. The van der Waals surface area contributed by atoms with Crippen LogP contribution in [0.15, 0.2) is 5.10 Å². The van der Waals surface area contributed by atoms with Gasteiger partial charge in [-0.25, -0.2) is 5.43 Å². The number of likely N-dealkylation sites (tertiary alicyclic amines) is 1. The molecule has 2 N–H and O–H groups in total. The maximum absolute atomic E-state index is 11.9. The summed E-state index contributed by atoms with van der Waals surface area (Å²) >= 11 is 0. The summed E-state index contributed by atoms with van der Waals surface area (Å²) in [5.74, 6) is -0.274. The van der Waals surface area contributed by atoms with E-state index in [1.165, 1.54) is 0 Å². The molecule has 6 nitrogen and oxygen atoms in total. The van der Waals surface area contributed by atoms with E-state index in [9.17, 15) is 9.59 Å². The van der Waals surface area contributed by atoms with Crippen molar-refractivity contribution in [1.29, 1.82) is 0 Å². The summed E-state index contributed by atoms with van der Waals surface area (Å²) in [6.45, 7) is 1.97. The number of piperidine rings is 1. The van der Waals surface area contributed by atoms with Gasteiger partial charge in [0, 0.05) is 25.4 Å². The number of likely N-dealkylation sites (N-methyl/N-ethyl adjacent to an activating group) is 1. The van der Waals surface area contributed by atoms with Gasteiger partial charge in [-0.2, -0.15) is 5.10 Å². The first kappa shape index (κ1) is 12.0. The summed E-state index contributed by atoms with van der Waals surface area (Å²) in [5.41, 5.74) is 2.77. The van der Waals surface area contributed by atoms with Crippen LogP contribution in [0.3, 0.4) is 0 Å². The first-order valence-electron chi connectivity index (χ1n) is 6.00. The van der Waals surface area contributed by atoms with Crippen molar-refractivity contribution in [3.05, 3.63) is 0 Å². The molecular weight excluding hydrogens is 220 g/mol. The Morgan fingerprint density at radius 2 is 2.35 bits per heavy atom. The Labute approximate surface area is 100 Å². The Hall–Kier alpha value is -1.43. The fourth-order valence-corrected chi connectivity index (χ4v) is 2.19. The smallest absolute Gasteiger partial charge is 0.267 e. The van der Waals surface area contributed by atoms with Gasteiger partial charge in [0.25, 0.3) is 5.91 Å². The zero-order valence-corrected chi connectivity index (χ0v) is 10.0. The zero-order chi connectivity index (χ0) is 12.3. The fraction of sp³-hybridized carbons (Fsp3) is 0.727. The van der Waals surface area contributed by atoms with Crippen LogP contribution in [-0.2, 0) is 9.59 Å². The highest BCUT2D eigenvalue weighted by Gasteiger charge is 2.23. The molecule has 0 saturated carbocycles. The third kappa shape index (κ3) is 3.26. The number of amides is 2. The molecule has 0 bridgehead atoms. The van der Waals surface area contributed by atoms with Crippen LogP contribution in [0.25, 0.3) is 0 Å². The van der Waals surface area contributed by atoms with Crippen molar-refractivity contribution in [2.45, 2.75) is 31.7 Å². The van der Waals surface area contributed by atoms with Gasteiger partial charge in [-0.15, -0.1) is 0 Å². The minimum atomic E-state index is -0.148. The van der Waals surface area contributed by atoms with Crippen molar-refractivity contribution in [2.75, 3.05) is 20.1 Å². The molecule has 1 unspecified atom stereocenters. The van der Waals surface area contributed by atoms with Crippen LogP contribution in [0.2, 0.25) is 0 Å². The van der Waals surface area contributed by atoms with Crippen molar-refractivity contribution in [3.63, 3.8) is 0 Å². The van der Waals surface area contributed by atoms with Crippen molar-refractivity contribution >= 4 is 17.5 Å². The Morgan fingerprint density at radius 1 is 1.53 bits per heavy atom. The van der Waals surface area contributed by atoms with Gasteiger partial charge in [-0.3, -0.25) is 9.59 Å². The first-order chi connectivity index (χ1) is 8.15. The topological polar surface area (TPSA) is 73.8 Å². The number of rotatable bonds is 2. The maximum Gasteiger partial charge on any atom is 0.267 e. The van der Waals surface area contributed by atoms with Crippen molar-refractivity contribution < 1.29 is 9.59 Å². The highest BCUT2D eigenvalue weighted by atomic mass is 16.2. The normalized spacial score (nSPS) is 26.1. The van der Waals surface area contributed by atoms with Crippen LogP contribution in [0, 0.1) is 0 Å². The summed E-state index contributed by atoms with van der Waals surface area (Å²) in [6, 6.07) is 0.196. The van der Waals surface area contributed by atoms with E-state index in [0.29, 0.717) is 18.6 Å². The number of hydrazone groups is 1. The Kier molecular flexibility index (Phi) is 3.73. The average molecular weight is 238 g/mol. The van der Waals surface area contributed by atoms with E-state index in [2.05, 4.69) is 27.8 Å². The number of carbonyl (C=O) groups is 2. The molecule has 0 aromatic rings. The molecule has 1 atom stereocenters. The van der Waals surface area contributed by atoms with E-state index >= 15 is 0 Å². The van der Waals surface area contributed by atoms with E-state index in [0.717, 1.165) is 25.9 Å². The van der Waals surface area contributed by atoms with Gasteiger partial charge in [0.1, 0.15) is 5.71 Å². The Balaban J connectivity index is 1.86. The van der Waals surface area contributed by atoms with E-state index in [4.69, 9.17) is 0 Å². The van der Waals surface area contributed by atoms with Gasteiger partial charge >= 0.3 is 0 Å². The van der Waals surface area contributed by atoms with E-state index in [-0.39, 0.29) is 17.9 Å². The molecule has 0 radical (unpaired) electrons. The molecular formula is C11H18N4O2. The summed E-state index contributed by atoms with van der Waals surface area (Å²) in [7, 11) is 2.05. The van der Waals surface area contributed by atoms with Gasteiger partial charge in [0.2, 0.25) is 5.91 Å². The summed E-state index contributed by atoms with van der Waals surface area (Å²) in [4.78, 5) is 25.0. The van der Waals surface area contributed by atoms with Gasteiger partial charge in [0.05, 0.1) is 0 Å². The molecule has 2 rings (SSSR count). The quantitative estimate of drug-likeness (QED) is 0.678. The van der Waals surface area contributed by atoms with Crippen molar-refractivity contribution in [1.82, 2.24) is 15.6 Å². The highest BCUT2D eigenvalue weighted by molar-refractivity contribution is 6.39. The van der Waals surface area contributed by atoms with Gasteiger partial charge < -0.3 is 10.2 Å². The molecule has 0 aliphatic carbocycles. The fourth-order valence-electron chi connectivity index (χ4n) is 2.19. The van der Waals surface area contributed by atoms with Crippen molar-refractivity contribution in [3.8, 4) is 0 Å². The Bertz CT molecular complexity index is 353. The second kappa shape index (κ2) is 5.27. The predicted octanol–water partition coefficient (Wildman–Crippen LogP) is -0.537. The number of hydrogen-bond acceptors (Lipinski definition) is 4. The lowest BCUT2D eigenvalue weighted by molar-refractivity contribution is -0.121. The molecule has 0 aromatic heterocycles. The number of nitrogens with one attached hydrogen (secondary N) is 2. The van der Waals surface area contributed by atoms with Crippen LogP contribution in [-0.4, -0.2) is 48.6 Å². The summed E-state index contributed by atoms with van der Waals surface area (Å²) < 4.78 is 0. The van der Waals surface area contributed by atoms with E-state index in [1.807, 2.05) is 0 Å². The monoisotopic (exact) mass is 238 g/mol. The number of carbonyl (C=O) groups excluding carboxylic acids is 2. The molecule has 94 valence electrons. The Morgan fingerprint density at radius 3 is 3.00 bits per heavy atom. The molecule has 2 heterocycles. The van der Waals surface area contributed by atoms with Crippen LogP contribution in [0.4, 0.5) is 0 Å². The second-order valence-electron chi connectivity index (χ2n) is 4.67. The van der Waals surface area contributed by atoms with E-state index in [1.54, 1.807) is 0 Å². The van der Waals surface area contributed by atoms with Crippen LogP contribution in [0.5, 0.6) is 0 Å². The SMILES string of the molecule is CN1CCCC(NC(=O)C2=NNC(=O)CC2)C1. The molecule has 6 heteroatoms. The summed E-state index contributed by atoms with van der Waals surface area (Å²) in [6.07, 6.45) is 2.89. The number of hydrogen-bond donors (Lipinski definition) is 2. The van der Waals surface area contributed by atoms with Crippen molar-refractivity contribution in [2.24, 2.45) is 5.10 Å². The lowest BCUT2D eigenvalue weighted by Crippen LogP contribution is -2.49. The average Bonchev–Trinajstić information content (AvgIpc) is 2.29. The standard InChI is InChI=1S/C11H18N4O2/c1-15-6-2-3-8(7-15)12-11(17)9-4-5-10(16)14-13-9/h8H,2-7H2,1H3,(H,12,17)(H,14,16). The van der Waals surface area contributed by atoms with Gasteiger partial charge in [-0.05, 0) is 26.4 Å².